The van der Waals surface area contributed by atoms with Crippen LogP contribution in [0.1, 0.15) is 6.92 Å². The Balaban J connectivity index is 3.84. The van der Waals surface area contributed by atoms with Crippen molar-refractivity contribution in [2.45, 2.75) is 13.5 Å². The number of hydrogen-bond donors (Lipinski definition) is 1. The minimum atomic E-state index is -3.36. The molecule has 0 bridgehead atoms. The molecular formula is C5H16O5Si2. The lowest BCUT2D eigenvalue weighted by molar-refractivity contribution is 0.0609. The Morgan fingerprint density at radius 2 is 1.83 bits per heavy atom. The molecule has 0 heterocycles. The first-order chi connectivity index (χ1) is 5.58. The van der Waals surface area contributed by atoms with E-state index in [9.17, 15) is 4.80 Å². The van der Waals surface area contributed by atoms with Crippen molar-refractivity contribution in [2.75, 3.05) is 20.8 Å². The van der Waals surface area contributed by atoms with E-state index in [1.807, 2.05) is 6.92 Å². The lowest BCUT2D eigenvalue weighted by Crippen LogP contribution is -2.48. The molecule has 7 heteroatoms. The van der Waals surface area contributed by atoms with Gasteiger partial charge in [0.2, 0.25) is 0 Å². The van der Waals surface area contributed by atoms with Crippen LogP contribution in [0, 0.1) is 0 Å². The minimum Gasteiger partial charge on any atom is -0.397 e. The summed E-state index contributed by atoms with van der Waals surface area (Å²) >= 11 is 0. The summed E-state index contributed by atoms with van der Waals surface area (Å²) in [6.07, 6.45) is 0. The van der Waals surface area contributed by atoms with E-state index in [0.717, 1.165) is 0 Å². The quantitative estimate of drug-likeness (QED) is 0.608. The summed E-state index contributed by atoms with van der Waals surface area (Å²) in [7, 11) is -2.46. The van der Waals surface area contributed by atoms with Crippen LogP contribution in [0.3, 0.4) is 0 Å². The molecule has 12 heavy (non-hydrogen) atoms. The third-order valence-electron chi connectivity index (χ3n) is 1.23. The third kappa shape index (κ3) is 4.31. The van der Waals surface area contributed by atoms with Crippen molar-refractivity contribution in [2.24, 2.45) is 0 Å². The molecule has 0 aromatic heterocycles. The van der Waals surface area contributed by atoms with Crippen molar-refractivity contribution in [1.82, 2.24) is 0 Å². The van der Waals surface area contributed by atoms with E-state index in [2.05, 4.69) is 0 Å². The maximum atomic E-state index is 9.45. The molecule has 0 aromatic rings. The SMILES string of the molecule is CCO[SiH](C)O[Si](O)(OC)OC. The normalized spacial score (nSPS) is 14.8. The molecule has 0 aliphatic heterocycles. The maximum absolute atomic E-state index is 9.45. The van der Waals surface area contributed by atoms with Crippen LogP contribution in [-0.2, 0) is 17.4 Å². The van der Waals surface area contributed by atoms with Gasteiger partial charge in [0.1, 0.15) is 0 Å². The molecule has 0 saturated carbocycles. The predicted octanol–water partition coefficient (Wildman–Crippen LogP) is -0.390. The van der Waals surface area contributed by atoms with Crippen LogP contribution in [-0.4, -0.2) is 44.0 Å². The molecular weight excluding hydrogens is 196 g/mol. The second kappa shape index (κ2) is 5.81. The summed E-state index contributed by atoms with van der Waals surface area (Å²) in [5.41, 5.74) is 0. The van der Waals surface area contributed by atoms with Crippen LogP contribution in [0.2, 0.25) is 6.55 Å². The van der Waals surface area contributed by atoms with Crippen molar-refractivity contribution in [3.05, 3.63) is 0 Å². The molecule has 0 radical (unpaired) electrons. The fourth-order valence-electron chi connectivity index (χ4n) is 0.658. The van der Waals surface area contributed by atoms with E-state index >= 15 is 0 Å². The fourth-order valence-corrected chi connectivity index (χ4v) is 4.01. The summed E-state index contributed by atoms with van der Waals surface area (Å²) in [5.74, 6) is 0. The topological polar surface area (TPSA) is 57.2 Å². The van der Waals surface area contributed by atoms with Crippen molar-refractivity contribution >= 4 is 18.3 Å². The Hall–Kier alpha value is 0.234. The van der Waals surface area contributed by atoms with Crippen molar-refractivity contribution < 1.29 is 22.2 Å². The van der Waals surface area contributed by atoms with Gasteiger partial charge in [-0.1, -0.05) is 0 Å². The monoisotopic (exact) mass is 212 g/mol. The zero-order valence-electron chi connectivity index (χ0n) is 7.86. The average molecular weight is 212 g/mol. The van der Waals surface area contributed by atoms with Gasteiger partial charge in [0.15, 0.2) is 0 Å². The van der Waals surface area contributed by atoms with Crippen molar-refractivity contribution in [1.29, 1.82) is 0 Å². The third-order valence-corrected chi connectivity index (χ3v) is 5.59. The molecule has 0 aromatic carbocycles. The highest BCUT2D eigenvalue weighted by molar-refractivity contribution is 6.62. The zero-order valence-corrected chi connectivity index (χ0v) is 10.0. The molecule has 1 unspecified atom stereocenters. The van der Waals surface area contributed by atoms with Crippen LogP contribution in [0.4, 0.5) is 0 Å². The van der Waals surface area contributed by atoms with Crippen molar-refractivity contribution in [3.8, 4) is 0 Å². The first kappa shape index (κ1) is 12.2. The zero-order chi connectivity index (χ0) is 9.61. The predicted molar refractivity (Wildman–Crippen MR) is 47.7 cm³/mol. The van der Waals surface area contributed by atoms with Gasteiger partial charge >= 0.3 is 18.3 Å². The van der Waals surface area contributed by atoms with Crippen LogP contribution in [0.5, 0.6) is 0 Å². The lowest BCUT2D eigenvalue weighted by Gasteiger charge is -2.22. The largest absolute Gasteiger partial charge is 0.667 e. The highest BCUT2D eigenvalue weighted by atomic mass is 28.5. The van der Waals surface area contributed by atoms with E-state index in [0.29, 0.717) is 6.61 Å². The van der Waals surface area contributed by atoms with Gasteiger partial charge in [-0.2, -0.15) is 0 Å². The second-order valence-electron chi connectivity index (χ2n) is 2.07. The molecule has 1 N–H and O–H groups in total. The van der Waals surface area contributed by atoms with E-state index in [1.54, 1.807) is 6.55 Å². The minimum absolute atomic E-state index is 0.575. The van der Waals surface area contributed by atoms with Crippen LogP contribution < -0.4 is 0 Å². The number of rotatable bonds is 6. The Morgan fingerprint density at radius 3 is 2.17 bits per heavy atom. The average Bonchev–Trinajstić information content (AvgIpc) is 2.05. The molecule has 0 fully saturated rings. The molecule has 0 aliphatic rings. The highest BCUT2D eigenvalue weighted by Crippen LogP contribution is 2.04. The molecule has 0 amide bonds. The lowest BCUT2D eigenvalue weighted by atomic mass is 10.9. The molecule has 74 valence electrons. The van der Waals surface area contributed by atoms with E-state index < -0.39 is 18.3 Å². The Morgan fingerprint density at radius 1 is 1.33 bits per heavy atom. The van der Waals surface area contributed by atoms with Crippen LogP contribution >= 0.6 is 0 Å². The van der Waals surface area contributed by atoms with Crippen LogP contribution in [0.25, 0.3) is 0 Å². The van der Waals surface area contributed by atoms with Crippen molar-refractivity contribution in [3.63, 3.8) is 0 Å². The number of hydrogen-bond acceptors (Lipinski definition) is 5. The van der Waals surface area contributed by atoms with Gasteiger partial charge in [-0.05, 0) is 13.5 Å². The molecule has 0 rings (SSSR count). The summed E-state index contributed by atoms with van der Waals surface area (Å²) in [5, 5.41) is 0. The molecule has 0 spiro atoms. The second-order valence-corrected chi connectivity index (χ2v) is 6.35. The Bertz CT molecular complexity index is 118. The van der Waals surface area contributed by atoms with Gasteiger partial charge in [0.25, 0.3) is 0 Å². The van der Waals surface area contributed by atoms with Gasteiger partial charge in [0, 0.05) is 20.8 Å². The summed E-state index contributed by atoms with van der Waals surface area (Å²) < 4.78 is 19.7. The Kier molecular flexibility index (Phi) is 5.92. The highest BCUT2D eigenvalue weighted by Gasteiger charge is 2.40. The molecule has 5 nitrogen and oxygen atoms in total. The van der Waals surface area contributed by atoms with E-state index in [-0.39, 0.29) is 0 Å². The summed E-state index contributed by atoms with van der Waals surface area (Å²) in [6.45, 7) is 4.25. The molecule has 1 atom stereocenters. The summed E-state index contributed by atoms with van der Waals surface area (Å²) in [4.78, 5) is 9.45. The summed E-state index contributed by atoms with van der Waals surface area (Å²) in [6, 6.07) is 0. The van der Waals surface area contributed by atoms with Gasteiger partial charge in [-0.3, -0.25) is 0 Å². The van der Waals surface area contributed by atoms with Gasteiger partial charge < -0.3 is 22.2 Å². The van der Waals surface area contributed by atoms with E-state index in [4.69, 9.17) is 17.4 Å². The van der Waals surface area contributed by atoms with E-state index in [1.165, 1.54) is 14.2 Å². The maximum Gasteiger partial charge on any atom is 0.667 e. The molecule has 0 saturated heterocycles. The first-order valence-corrected chi connectivity index (χ1v) is 7.47. The standard InChI is InChI=1S/C5H16O5Si2/c1-5-9-11(4)10-12(6,7-2)8-3/h6,11H,5H2,1-4H3. The van der Waals surface area contributed by atoms with Crippen LogP contribution in [0.15, 0.2) is 0 Å². The van der Waals surface area contributed by atoms with Gasteiger partial charge in [0.05, 0.1) is 0 Å². The smallest absolute Gasteiger partial charge is 0.397 e. The molecule has 0 aliphatic carbocycles. The first-order valence-electron chi connectivity index (χ1n) is 3.70. The Labute approximate surface area is 75.5 Å². The van der Waals surface area contributed by atoms with Gasteiger partial charge in [-0.25, -0.2) is 0 Å². The fraction of sp³-hybridized carbons (Fsp3) is 1.00. The van der Waals surface area contributed by atoms with Gasteiger partial charge in [-0.15, -0.1) is 0 Å².